The van der Waals surface area contributed by atoms with Crippen molar-refractivity contribution < 1.29 is 17.9 Å². The highest BCUT2D eigenvalue weighted by atomic mass is 35.5. The Kier molecular flexibility index (Phi) is 6.53. The Labute approximate surface area is 170 Å². The first-order valence-electron chi connectivity index (χ1n) is 8.85. The summed E-state index contributed by atoms with van der Waals surface area (Å²) in [6.07, 6.45) is -4.29. The molecule has 1 aromatic heterocycles. The van der Waals surface area contributed by atoms with Crippen molar-refractivity contribution in [3.05, 3.63) is 76.1 Å². The maximum atomic E-state index is 12.9. The minimum absolute atomic E-state index is 0.113. The summed E-state index contributed by atoms with van der Waals surface area (Å²) in [7, 11) is 0. The zero-order valence-electron chi connectivity index (χ0n) is 15.5. The van der Waals surface area contributed by atoms with Crippen molar-refractivity contribution in [2.45, 2.75) is 26.1 Å². The van der Waals surface area contributed by atoms with Gasteiger partial charge in [-0.15, -0.1) is 0 Å². The quantitative estimate of drug-likeness (QED) is 0.571. The lowest BCUT2D eigenvalue weighted by atomic mass is 10.1. The fourth-order valence-electron chi connectivity index (χ4n) is 2.57. The Morgan fingerprint density at radius 2 is 1.76 bits per heavy atom. The Morgan fingerprint density at radius 3 is 2.45 bits per heavy atom. The molecule has 5 nitrogen and oxygen atoms in total. The van der Waals surface area contributed by atoms with Crippen LogP contribution in [0.2, 0.25) is 5.02 Å². The molecule has 3 rings (SSSR count). The van der Waals surface area contributed by atoms with E-state index in [1.54, 1.807) is 25.1 Å². The van der Waals surface area contributed by atoms with E-state index in [2.05, 4.69) is 20.3 Å². The van der Waals surface area contributed by atoms with Gasteiger partial charge in [-0.3, -0.25) is 0 Å². The van der Waals surface area contributed by atoms with Gasteiger partial charge < -0.3 is 10.1 Å². The lowest BCUT2D eigenvalue weighted by molar-refractivity contribution is -0.137. The second-order valence-electron chi connectivity index (χ2n) is 6.15. The number of aromatic nitrogens is 3. The van der Waals surface area contributed by atoms with Gasteiger partial charge in [0.2, 0.25) is 5.95 Å². The zero-order valence-corrected chi connectivity index (χ0v) is 16.3. The summed E-state index contributed by atoms with van der Waals surface area (Å²) in [5.41, 5.74) is 0.694. The first kappa shape index (κ1) is 20.9. The molecule has 0 aliphatic carbocycles. The van der Waals surface area contributed by atoms with Gasteiger partial charge in [0.25, 0.3) is 0 Å². The molecule has 152 valence electrons. The SMILES string of the molecule is CCOc1nc(Cc2cccc(C(F)(F)F)c2)nc(NCc2ccc(Cl)cc2)n1. The van der Waals surface area contributed by atoms with Gasteiger partial charge in [0.15, 0.2) is 0 Å². The van der Waals surface area contributed by atoms with Crippen molar-refractivity contribution in [2.75, 3.05) is 11.9 Å². The van der Waals surface area contributed by atoms with Crippen LogP contribution in [0.25, 0.3) is 0 Å². The molecule has 0 spiro atoms. The average Bonchev–Trinajstić information content (AvgIpc) is 2.67. The summed E-state index contributed by atoms with van der Waals surface area (Å²) in [4.78, 5) is 12.7. The molecule has 3 aromatic rings. The van der Waals surface area contributed by atoms with Crippen LogP contribution in [0, 0.1) is 0 Å². The number of anilines is 1. The summed E-state index contributed by atoms with van der Waals surface area (Å²) in [6.45, 7) is 2.58. The van der Waals surface area contributed by atoms with Crippen molar-refractivity contribution in [1.82, 2.24) is 15.0 Å². The lowest BCUT2D eigenvalue weighted by Crippen LogP contribution is -2.10. The van der Waals surface area contributed by atoms with Crippen LogP contribution in [0.3, 0.4) is 0 Å². The van der Waals surface area contributed by atoms with E-state index in [4.69, 9.17) is 16.3 Å². The van der Waals surface area contributed by atoms with Crippen molar-refractivity contribution in [2.24, 2.45) is 0 Å². The van der Waals surface area contributed by atoms with E-state index in [1.165, 1.54) is 6.07 Å². The van der Waals surface area contributed by atoms with Gasteiger partial charge in [0, 0.05) is 18.0 Å². The van der Waals surface area contributed by atoms with Gasteiger partial charge in [-0.1, -0.05) is 41.9 Å². The van der Waals surface area contributed by atoms with E-state index < -0.39 is 11.7 Å². The number of halogens is 4. The van der Waals surface area contributed by atoms with E-state index >= 15 is 0 Å². The van der Waals surface area contributed by atoms with Crippen LogP contribution < -0.4 is 10.1 Å². The Balaban J connectivity index is 1.80. The Hall–Kier alpha value is -2.87. The number of hydrogen-bond donors (Lipinski definition) is 1. The predicted octanol–water partition coefficient (Wildman–Crippen LogP) is 5.15. The Bertz CT molecular complexity index is 965. The standard InChI is InChI=1S/C20H18ClF3N4O/c1-2-29-19-27-17(11-14-4-3-5-15(10-14)20(22,23)24)26-18(28-19)25-12-13-6-8-16(21)9-7-13/h3-10H,2,11-12H2,1H3,(H,25,26,27,28). The first-order valence-corrected chi connectivity index (χ1v) is 9.23. The first-order chi connectivity index (χ1) is 13.8. The van der Waals surface area contributed by atoms with Crippen LogP contribution in [-0.4, -0.2) is 21.6 Å². The molecule has 9 heteroatoms. The number of alkyl halides is 3. The molecule has 0 atom stereocenters. The van der Waals surface area contributed by atoms with Crippen LogP contribution >= 0.6 is 11.6 Å². The molecule has 0 unspecified atom stereocenters. The van der Waals surface area contributed by atoms with Crippen LogP contribution in [0.5, 0.6) is 6.01 Å². The number of ether oxygens (including phenoxy) is 1. The average molecular weight is 423 g/mol. The number of benzene rings is 2. The molecule has 2 aromatic carbocycles. The van der Waals surface area contributed by atoms with Gasteiger partial charge >= 0.3 is 12.2 Å². The topological polar surface area (TPSA) is 59.9 Å². The van der Waals surface area contributed by atoms with Crippen LogP contribution in [0.1, 0.15) is 29.4 Å². The summed E-state index contributed by atoms with van der Waals surface area (Å²) in [5.74, 6) is 0.585. The van der Waals surface area contributed by atoms with Crippen molar-refractivity contribution in [1.29, 1.82) is 0 Å². The molecule has 0 amide bonds. The molecule has 1 N–H and O–H groups in total. The number of nitrogens with zero attached hydrogens (tertiary/aromatic N) is 3. The van der Waals surface area contributed by atoms with Crippen LogP contribution in [0.4, 0.5) is 19.1 Å². The second kappa shape index (κ2) is 9.09. The van der Waals surface area contributed by atoms with Gasteiger partial charge in [0.05, 0.1) is 12.2 Å². The molecule has 0 saturated heterocycles. The van der Waals surface area contributed by atoms with Crippen LogP contribution in [0.15, 0.2) is 48.5 Å². The molecular weight excluding hydrogens is 405 g/mol. The van der Waals surface area contributed by atoms with Crippen molar-refractivity contribution >= 4 is 17.5 Å². The molecule has 0 saturated carbocycles. The van der Waals surface area contributed by atoms with Crippen molar-refractivity contribution in [3.63, 3.8) is 0 Å². The number of rotatable bonds is 7. The summed E-state index contributed by atoms with van der Waals surface area (Å²) in [5, 5.41) is 3.71. The van der Waals surface area contributed by atoms with Gasteiger partial charge in [-0.25, -0.2) is 0 Å². The normalized spacial score (nSPS) is 11.3. The maximum absolute atomic E-state index is 12.9. The molecule has 0 aliphatic heterocycles. The van der Waals surface area contributed by atoms with E-state index in [-0.39, 0.29) is 18.4 Å². The van der Waals surface area contributed by atoms with Gasteiger partial charge in [0.1, 0.15) is 5.82 Å². The molecule has 0 bridgehead atoms. The van der Waals surface area contributed by atoms with E-state index in [1.807, 2.05) is 12.1 Å². The lowest BCUT2D eigenvalue weighted by Gasteiger charge is -2.11. The molecule has 0 radical (unpaired) electrons. The molecule has 29 heavy (non-hydrogen) atoms. The van der Waals surface area contributed by atoms with Gasteiger partial charge in [-0.05, 0) is 36.2 Å². The minimum atomic E-state index is -4.41. The smallest absolute Gasteiger partial charge is 0.416 e. The fourth-order valence-corrected chi connectivity index (χ4v) is 2.70. The third-order valence-electron chi connectivity index (χ3n) is 3.92. The fraction of sp³-hybridized carbons (Fsp3) is 0.250. The number of nitrogens with one attached hydrogen (secondary N) is 1. The minimum Gasteiger partial charge on any atom is -0.464 e. The molecule has 0 fully saturated rings. The highest BCUT2D eigenvalue weighted by Gasteiger charge is 2.30. The largest absolute Gasteiger partial charge is 0.464 e. The highest BCUT2D eigenvalue weighted by Crippen LogP contribution is 2.30. The zero-order chi connectivity index (χ0) is 20.9. The monoisotopic (exact) mass is 422 g/mol. The predicted molar refractivity (Wildman–Crippen MR) is 104 cm³/mol. The molecular formula is C20H18ClF3N4O. The van der Waals surface area contributed by atoms with E-state index in [9.17, 15) is 13.2 Å². The highest BCUT2D eigenvalue weighted by molar-refractivity contribution is 6.30. The second-order valence-corrected chi connectivity index (χ2v) is 6.58. The number of hydrogen-bond acceptors (Lipinski definition) is 5. The van der Waals surface area contributed by atoms with Crippen molar-refractivity contribution in [3.8, 4) is 6.01 Å². The van der Waals surface area contributed by atoms with Crippen LogP contribution in [-0.2, 0) is 19.1 Å². The third-order valence-corrected chi connectivity index (χ3v) is 4.17. The molecule has 1 heterocycles. The van der Waals surface area contributed by atoms with E-state index in [0.29, 0.717) is 29.6 Å². The van der Waals surface area contributed by atoms with Gasteiger partial charge in [-0.2, -0.15) is 28.1 Å². The summed E-state index contributed by atoms with van der Waals surface area (Å²) >= 11 is 5.88. The summed E-state index contributed by atoms with van der Waals surface area (Å²) < 4.78 is 44.2. The van der Waals surface area contributed by atoms with E-state index in [0.717, 1.165) is 17.7 Å². The maximum Gasteiger partial charge on any atom is 0.416 e. The third kappa shape index (κ3) is 6.05. The molecule has 0 aliphatic rings. The summed E-state index contributed by atoms with van der Waals surface area (Å²) in [6, 6.07) is 12.5. The Morgan fingerprint density at radius 1 is 1.00 bits per heavy atom.